The molecule has 1 unspecified atom stereocenters. The van der Waals surface area contributed by atoms with Crippen molar-refractivity contribution >= 4 is 17.5 Å². The first-order chi connectivity index (χ1) is 12.5. The van der Waals surface area contributed by atoms with Gasteiger partial charge in [0, 0.05) is 45.0 Å². The van der Waals surface area contributed by atoms with Gasteiger partial charge in [-0.25, -0.2) is 0 Å². The summed E-state index contributed by atoms with van der Waals surface area (Å²) in [6.45, 7) is 9.60. The second kappa shape index (κ2) is 8.08. The maximum atomic E-state index is 12.6. The van der Waals surface area contributed by atoms with Crippen LogP contribution in [0.4, 0.5) is 5.69 Å². The molecule has 142 valence electrons. The van der Waals surface area contributed by atoms with Crippen molar-refractivity contribution < 1.29 is 9.59 Å². The van der Waals surface area contributed by atoms with Crippen LogP contribution in [0.15, 0.2) is 18.2 Å². The molecule has 1 atom stereocenters. The predicted octanol–water partition coefficient (Wildman–Crippen LogP) is 1.15. The van der Waals surface area contributed by atoms with Crippen LogP contribution in [0.3, 0.4) is 0 Å². The maximum absolute atomic E-state index is 12.6. The Morgan fingerprint density at radius 2 is 1.85 bits per heavy atom. The molecule has 0 saturated carbocycles. The fraction of sp³-hybridized carbons (Fsp3) is 0.600. The molecule has 2 saturated heterocycles. The number of likely N-dealkylation sites (tertiary alicyclic amines) is 1. The van der Waals surface area contributed by atoms with E-state index in [1.807, 2.05) is 4.90 Å². The van der Waals surface area contributed by atoms with Gasteiger partial charge >= 0.3 is 0 Å². The number of hydrogen-bond acceptors (Lipinski definition) is 4. The van der Waals surface area contributed by atoms with Gasteiger partial charge in [-0.05, 0) is 43.9 Å². The molecular weight excluding hydrogens is 328 g/mol. The van der Waals surface area contributed by atoms with E-state index in [4.69, 9.17) is 5.73 Å². The average Bonchev–Trinajstić information content (AvgIpc) is 2.65. The molecule has 2 amide bonds. The molecule has 0 bridgehead atoms. The van der Waals surface area contributed by atoms with Crippen LogP contribution in [0.25, 0.3) is 0 Å². The molecule has 2 N–H and O–H groups in total. The highest BCUT2D eigenvalue weighted by molar-refractivity contribution is 5.81. The fourth-order valence-electron chi connectivity index (χ4n) is 3.95. The largest absolute Gasteiger partial charge is 0.369 e. The molecule has 3 rings (SSSR count). The maximum Gasteiger partial charge on any atom is 0.236 e. The van der Waals surface area contributed by atoms with Crippen LogP contribution in [0.2, 0.25) is 0 Å². The highest BCUT2D eigenvalue weighted by Crippen LogP contribution is 2.24. The van der Waals surface area contributed by atoms with E-state index in [9.17, 15) is 9.59 Å². The normalized spacial score (nSPS) is 21.7. The third kappa shape index (κ3) is 4.18. The summed E-state index contributed by atoms with van der Waals surface area (Å²) in [5.41, 5.74) is 9.37. The summed E-state index contributed by atoms with van der Waals surface area (Å²) >= 11 is 0. The van der Waals surface area contributed by atoms with Gasteiger partial charge in [-0.2, -0.15) is 0 Å². The van der Waals surface area contributed by atoms with Crippen molar-refractivity contribution in [2.75, 3.05) is 50.7 Å². The number of aryl methyl sites for hydroxylation is 1. The average molecular weight is 358 g/mol. The Labute approximate surface area is 155 Å². The van der Waals surface area contributed by atoms with Crippen LogP contribution in [-0.2, 0) is 9.59 Å². The van der Waals surface area contributed by atoms with E-state index in [0.29, 0.717) is 13.1 Å². The van der Waals surface area contributed by atoms with Gasteiger partial charge < -0.3 is 15.5 Å². The van der Waals surface area contributed by atoms with Gasteiger partial charge in [-0.15, -0.1) is 0 Å². The monoisotopic (exact) mass is 358 g/mol. The molecule has 0 radical (unpaired) electrons. The van der Waals surface area contributed by atoms with Crippen molar-refractivity contribution in [2.45, 2.75) is 26.7 Å². The molecule has 2 aliphatic heterocycles. The first-order valence-electron chi connectivity index (χ1n) is 9.56. The van der Waals surface area contributed by atoms with Crippen LogP contribution < -0.4 is 10.6 Å². The van der Waals surface area contributed by atoms with Gasteiger partial charge in [-0.3, -0.25) is 14.5 Å². The number of rotatable bonds is 4. The highest BCUT2D eigenvalue weighted by atomic mass is 16.2. The third-order valence-electron chi connectivity index (χ3n) is 5.82. The number of hydrogen-bond donors (Lipinski definition) is 1. The van der Waals surface area contributed by atoms with E-state index in [1.165, 1.54) is 16.8 Å². The number of amides is 2. The van der Waals surface area contributed by atoms with Crippen molar-refractivity contribution in [3.8, 4) is 0 Å². The van der Waals surface area contributed by atoms with Crippen molar-refractivity contribution in [3.05, 3.63) is 29.3 Å². The summed E-state index contributed by atoms with van der Waals surface area (Å²) in [4.78, 5) is 30.5. The van der Waals surface area contributed by atoms with E-state index >= 15 is 0 Å². The second-order valence-electron chi connectivity index (χ2n) is 7.56. The van der Waals surface area contributed by atoms with Crippen LogP contribution >= 0.6 is 0 Å². The van der Waals surface area contributed by atoms with Gasteiger partial charge in [0.1, 0.15) is 0 Å². The molecule has 0 spiro atoms. The summed E-state index contributed by atoms with van der Waals surface area (Å²) in [5, 5.41) is 0. The van der Waals surface area contributed by atoms with Gasteiger partial charge in [0.15, 0.2) is 0 Å². The number of piperidine rings is 1. The minimum atomic E-state index is -0.287. The fourth-order valence-corrected chi connectivity index (χ4v) is 3.95. The van der Waals surface area contributed by atoms with Crippen LogP contribution in [0.1, 0.15) is 24.0 Å². The van der Waals surface area contributed by atoms with Crippen molar-refractivity contribution in [2.24, 2.45) is 11.7 Å². The Bertz CT molecular complexity index is 668. The van der Waals surface area contributed by atoms with Gasteiger partial charge in [0.05, 0.1) is 12.5 Å². The quantitative estimate of drug-likeness (QED) is 0.877. The first-order valence-corrected chi connectivity index (χ1v) is 9.56. The van der Waals surface area contributed by atoms with E-state index < -0.39 is 0 Å². The van der Waals surface area contributed by atoms with Crippen LogP contribution in [0, 0.1) is 19.8 Å². The summed E-state index contributed by atoms with van der Waals surface area (Å²) in [5.74, 6) is -0.352. The van der Waals surface area contributed by atoms with Crippen molar-refractivity contribution in [3.63, 3.8) is 0 Å². The lowest BCUT2D eigenvalue weighted by Gasteiger charge is -2.38. The smallest absolute Gasteiger partial charge is 0.236 e. The number of anilines is 1. The molecule has 6 nitrogen and oxygen atoms in total. The van der Waals surface area contributed by atoms with Crippen LogP contribution in [-0.4, -0.2) is 67.4 Å². The van der Waals surface area contributed by atoms with Crippen molar-refractivity contribution in [1.82, 2.24) is 9.80 Å². The number of carbonyl (C=O) groups is 2. The predicted molar refractivity (Wildman–Crippen MR) is 103 cm³/mol. The Hall–Kier alpha value is -2.08. The Kier molecular flexibility index (Phi) is 5.81. The molecule has 26 heavy (non-hydrogen) atoms. The van der Waals surface area contributed by atoms with Gasteiger partial charge in [0.25, 0.3) is 0 Å². The SMILES string of the molecule is Cc1cccc(N2CCN(CC(=O)N3CCCC(C(N)=O)C3)CC2)c1C. The molecule has 6 heteroatoms. The number of primary amides is 1. The van der Waals surface area contributed by atoms with Gasteiger partial charge in [0.2, 0.25) is 11.8 Å². The molecule has 1 aromatic rings. The molecular formula is C20H30N4O2. The van der Waals surface area contributed by atoms with E-state index in [0.717, 1.165) is 45.6 Å². The molecule has 2 heterocycles. The standard InChI is InChI=1S/C20H30N4O2/c1-15-5-3-7-18(16(15)2)23-11-9-22(10-12-23)14-19(25)24-8-4-6-17(13-24)20(21)26/h3,5,7,17H,4,6,8-14H2,1-2H3,(H2,21,26). The number of benzene rings is 1. The lowest BCUT2D eigenvalue weighted by Crippen LogP contribution is -2.52. The molecule has 0 aromatic heterocycles. The zero-order chi connectivity index (χ0) is 18.7. The molecule has 2 fully saturated rings. The number of nitrogens with two attached hydrogens (primary N) is 1. The Morgan fingerprint density at radius 1 is 1.12 bits per heavy atom. The lowest BCUT2D eigenvalue weighted by molar-refractivity contribution is -0.136. The zero-order valence-electron chi connectivity index (χ0n) is 15.9. The summed E-state index contributed by atoms with van der Waals surface area (Å²) < 4.78 is 0. The molecule has 0 aliphatic carbocycles. The Balaban J connectivity index is 1.51. The minimum Gasteiger partial charge on any atom is -0.369 e. The number of carbonyl (C=O) groups excluding carboxylic acids is 2. The first kappa shape index (κ1) is 18.7. The van der Waals surface area contributed by atoms with E-state index in [2.05, 4.69) is 41.8 Å². The van der Waals surface area contributed by atoms with E-state index in [1.54, 1.807) is 0 Å². The second-order valence-corrected chi connectivity index (χ2v) is 7.56. The van der Waals surface area contributed by atoms with Gasteiger partial charge in [-0.1, -0.05) is 12.1 Å². The topological polar surface area (TPSA) is 69.9 Å². The molecule has 1 aromatic carbocycles. The van der Waals surface area contributed by atoms with E-state index in [-0.39, 0.29) is 17.7 Å². The number of nitrogens with zero attached hydrogens (tertiary/aromatic N) is 3. The minimum absolute atomic E-state index is 0.121. The Morgan fingerprint density at radius 3 is 2.54 bits per heavy atom. The van der Waals surface area contributed by atoms with Crippen molar-refractivity contribution in [1.29, 1.82) is 0 Å². The summed E-state index contributed by atoms with van der Waals surface area (Å²) in [6, 6.07) is 6.44. The summed E-state index contributed by atoms with van der Waals surface area (Å²) in [7, 11) is 0. The third-order valence-corrected chi connectivity index (χ3v) is 5.82. The highest BCUT2D eigenvalue weighted by Gasteiger charge is 2.28. The number of piperazine rings is 1. The summed E-state index contributed by atoms with van der Waals surface area (Å²) in [6.07, 6.45) is 1.66. The zero-order valence-corrected chi connectivity index (χ0v) is 15.9. The molecule has 2 aliphatic rings. The lowest BCUT2D eigenvalue weighted by atomic mass is 9.97. The van der Waals surface area contributed by atoms with Crippen LogP contribution in [0.5, 0.6) is 0 Å².